The number of nitrogens with zero attached hydrogens (tertiary/aromatic N) is 2. The monoisotopic (exact) mass is 360 g/mol. The average molecular weight is 360 g/mol. The van der Waals surface area contributed by atoms with E-state index in [-0.39, 0.29) is 23.5 Å². The molecule has 2 fully saturated rings. The number of hydrogen-bond acceptors (Lipinski definition) is 5. The minimum Gasteiger partial charge on any atom is -0.444 e. The fourth-order valence-corrected chi connectivity index (χ4v) is 5.10. The van der Waals surface area contributed by atoms with Crippen molar-refractivity contribution < 1.29 is 22.7 Å². The number of carbonyl (C=O) groups is 2. The fraction of sp³-hybridized carbons (Fsp3) is 0.875. The Morgan fingerprint density at radius 1 is 1.25 bits per heavy atom. The maximum atomic E-state index is 12.9. The van der Waals surface area contributed by atoms with Crippen molar-refractivity contribution in [2.45, 2.75) is 64.6 Å². The summed E-state index contributed by atoms with van der Waals surface area (Å²) < 4.78 is 28.8. The molecule has 2 atom stereocenters. The molecule has 0 aliphatic carbocycles. The number of amides is 2. The third-order valence-electron chi connectivity index (χ3n) is 4.44. The van der Waals surface area contributed by atoms with Crippen molar-refractivity contribution in [3.05, 3.63) is 0 Å². The van der Waals surface area contributed by atoms with Crippen LogP contribution in [0.4, 0.5) is 4.79 Å². The summed E-state index contributed by atoms with van der Waals surface area (Å²) in [5, 5.41) is 0. The molecule has 8 heteroatoms. The first-order valence-corrected chi connectivity index (χ1v) is 10.4. The van der Waals surface area contributed by atoms with E-state index >= 15 is 0 Å². The molecule has 0 aromatic rings. The molecule has 2 aliphatic rings. The molecule has 0 aromatic carbocycles. The van der Waals surface area contributed by atoms with Gasteiger partial charge in [0.05, 0.1) is 11.5 Å². The van der Waals surface area contributed by atoms with Gasteiger partial charge < -0.3 is 9.64 Å². The first-order chi connectivity index (χ1) is 11.0. The summed E-state index contributed by atoms with van der Waals surface area (Å²) in [5.74, 6) is -0.0175. The van der Waals surface area contributed by atoms with Gasteiger partial charge in [0.2, 0.25) is 5.91 Å². The van der Waals surface area contributed by atoms with Crippen molar-refractivity contribution in [2.75, 3.05) is 24.6 Å². The Hall–Kier alpha value is -1.31. The van der Waals surface area contributed by atoms with E-state index in [0.717, 1.165) is 6.42 Å². The highest BCUT2D eigenvalue weighted by Crippen LogP contribution is 2.25. The van der Waals surface area contributed by atoms with E-state index in [1.54, 1.807) is 25.7 Å². The van der Waals surface area contributed by atoms with E-state index in [4.69, 9.17) is 4.74 Å². The molecule has 0 radical (unpaired) electrons. The lowest BCUT2D eigenvalue weighted by molar-refractivity contribution is -0.137. The predicted octanol–water partition coefficient (Wildman–Crippen LogP) is 1.42. The highest BCUT2D eigenvalue weighted by atomic mass is 32.2. The number of sulfone groups is 1. The Morgan fingerprint density at radius 2 is 1.92 bits per heavy atom. The van der Waals surface area contributed by atoms with E-state index in [1.807, 2.05) is 6.92 Å². The van der Waals surface area contributed by atoms with Crippen LogP contribution >= 0.6 is 0 Å². The lowest BCUT2D eigenvalue weighted by Crippen LogP contribution is -2.52. The first kappa shape index (κ1) is 19.0. The zero-order valence-corrected chi connectivity index (χ0v) is 15.8. The highest BCUT2D eigenvalue weighted by molar-refractivity contribution is 7.91. The molecule has 0 N–H and O–H groups in total. The van der Waals surface area contributed by atoms with Crippen LogP contribution in [0.1, 0.15) is 47.0 Å². The van der Waals surface area contributed by atoms with Crippen molar-refractivity contribution in [3.8, 4) is 0 Å². The Kier molecular flexibility index (Phi) is 5.47. The molecule has 0 aromatic heterocycles. The minimum atomic E-state index is -3.06. The molecule has 0 saturated carbocycles. The largest absolute Gasteiger partial charge is 0.444 e. The Balaban J connectivity index is 2.10. The van der Waals surface area contributed by atoms with Gasteiger partial charge in [-0.15, -0.1) is 0 Å². The predicted molar refractivity (Wildman–Crippen MR) is 90.4 cm³/mol. The molecule has 2 amide bonds. The van der Waals surface area contributed by atoms with Crippen molar-refractivity contribution in [3.63, 3.8) is 0 Å². The van der Waals surface area contributed by atoms with Gasteiger partial charge in [-0.25, -0.2) is 13.2 Å². The normalized spacial score (nSPS) is 26.4. The van der Waals surface area contributed by atoms with Gasteiger partial charge in [-0.05, 0) is 47.0 Å². The van der Waals surface area contributed by atoms with Crippen LogP contribution in [0.3, 0.4) is 0 Å². The number of carbonyl (C=O) groups excluding carboxylic acids is 2. The Bertz CT molecular complexity index is 596. The van der Waals surface area contributed by atoms with Gasteiger partial charge in [0, 0.05) is 19.1 Å². The van der Waals surface area contributed by atoms with Crippen LogP contribution in [0.25, 0.3) is 0 Å². The third-order valence-corrected chi connectivity index (χ3v) is 6.19. The zero-order valence-electron chi connectivity index (χ0n) is 14.9. The zero-order chi connectivity index (χ0) is 18.1. The second kappa shape index (κ2) is 6.90. The minimum absolute atomic E-state index is 0.0196. The van der Waals surface area contributed by atoms with Crippen LogP contribution in [0.5, 0.6) is 0 Å². The SMILES string of the molecule is CCN(C(=O)[C@@H]1CCCN1C(=O)OC(C)(C)C)C1CCS(=O)(=O)C1. The molecule has 0 spiro atoms. The molecule has 2 heterocycles. The third kappa shape index (κ3) is 4.40. The summed E-state index contributed by atoms with van der Waals surface area (Å²) in [6.45, 7) is 8.15. The van der Waals surface area contributed by atoms with Crippen LogP contribution in [0.2, 0.25) is 0 Å². The highest BCUT2D eigenvalue weighted by Gasteiger charge is 2.42. The van der Waals surface area contributed by atoms with E-state index in [1.165, 1.54) is 4.90 Å². The van der Waals surface area contributed by atoms with Crippen LogP contribution in [-0.4, -0.2) is 72.5 Å². The van der Waals surface area contributed by atoms with E-state index in [9.17, 15) is 18.0 Å². The van der Waals surface area contributed by atoms with Gasteiger partial charge in [0.15, 0.2) is 9.84 Å². The number of rotatable bonds is 3. The summed E-state index contributed by atoms with van der Waals surface area (Å²) in [6.07, 6.45) is 1.33. The van der Waals surface area contributed by atoms with Crippen molar-refractivity contribution in [2.24, 2.45) is 0 Å². The molecule has 2 saturated heterocycles. The van der Waals surface area contributed by atoms with Crippen LogP contribution in [0, 0.1) is 0 Å². The second-order valence-corrected chi connectivity index (χ2v) is 9.74. The molecule has 138 valence electrons. The smallest absolute Gasteiger partial charge is 0.410 e. The maximum absolute atomic E-state index is 12.9. The summed E-state index contributed by atoms with van der Waals surface area (Å²) >= 11 is 0. The van der Waals surface area contributed by atoms with Crippen molar-refractivity contribution >= 4 is 21.8 Å². The first-order valence-electron chi connectivity index (χ1n) is 8.54. The molecule has 7 nitrogen and oxygen atoms in total. The molecule has 2 aliphatic heterocycles. The van der Waals surface area contributed by atoms with Gasteiger partial charge in [-0.1, -0.05) is 0 Å². The van der Waals surface area contributed by atoms with Gasteiger partial charge in [-0.2, -0.15) is 0 Å². The van der Waals surface area contributed by atoms with Gasteiger partial charge in [0.25, 0.3) is 0 Å². The van der Waals surface area contributed by atoms with Gasteiger partial charge in [0.1, 0.15) is 11.6 Å². The number of likely N-dealkylation sites (N-methyl/N-ethyl adjacent to an activating group) is 1. The number of likely N-dealkylation sites (tertiary alicyclic amines) is 1. The van der Waals surface area contributed by atoms with Crippen molar-refractivity contribution in [1.29, 1.82) is 0 Å². The fourth-order valence-electron chi connectivity index (χ4n) is 3.37. The quantitative estimate of drug-likeness (QED) is 0.760. The standard InChI is InChI=1S/C16H28N2O5S/c1-5-17(12-8-10-24(21,22)11-12)14(19)13-7-6-9-18(13)15(20)23-16(2,3)4/h12-13H,5-11H2,1-4H3/t12?,13-/m0/s1. The lowest BCUT2D eigenvalue weighted by atomic mass is 10.1. The summed E-state index contributed by atoms with van der Waals surface area (Å²) in [5.41, 5.74) is -0.614. The summed E-state index contributed by atoms with van der Waals surface area (Å²) in [7, 11) is -3.06. The van der Waals surface area contributed by atoms with E-state index < -0.39 is 27.6 Å². The van der Waals surface area contributed by atoms with E-state index in [2.05, 4.69) is 0 Å². The molecule has 2 rings (SSSR count). The molecule has 24 heavy (non-hydrogen) atoms. The number of hydrogen-bond donors (Lipinski definition) is 0. The van der Waals surface area contributed by atoms with Crippen LogP contribution in [0.15, 0.2) is 0 Å². The molecule has 0 bridgehead atoms. The Morgan fingerprint density at radius 3 is 2.42 bits per heavy atom. The maximum Gasteiger partial charge on any atom is 0.410 e. The van der Waals surface area contributed by atoms with Gasteiger partial charge >= 0.3 is 6.09 Å². The molecule has 1 unspecified atom stereocenters. The average Bonchev–Trinajstić information content (AvgIpc) is 3.04. The van der Waals surface area contributed by atoms with Crippen molar-refractivity contribution in [1.82, 2.24) is 9.80 Å². The molecular formula is C16H28N2O5S. The van der Waals surface area contributed by atoms with Gasteiger partial charge in [-0.3, -0.25) is 9.69 Å². The van der Waals surface area contributed by atoms with Crippen LogP contribution < -0.4 is 0 Å². The summed E-state index contributed by atoms with van der Waals surface area (Å²) in [6, 6.07) is -0.836. The van der Waals surface area contributed by atoms with E-state index in [0.29, 0.717) is 25.9 Å². The lowest BCUT2D eigenvalue weighted by Gasteiger charge is -2.33. The summed E-state index contributed by atoms with van der Waals surface area (Å²) in [4.78, 5) is 28.4. The Labute approximate surface area is 144 Å². The topological polar surface area (TPSA) is 84.0 Å². The van der Waals surface area contributed by atoms with Crippen LogP contribution in [-0.2, 0) is 19.4 Å². The molecular weight excluding hydrogens is 332 g/mol. The number of ether oxygens (including phenoxy) is 1. The second-order valence-electron chi connectivity index (χ2n) is 7.51.